The van der Waals surface area contributed by atoms with Crippen LogP contribution >= 0.6 is 0 Å². The largest absolute Gasteiger partial charge is 0.360 e. The Bertz CT molecular complexity index is 639. The summed E-state index contributed by atoms with van der Waals surface area (Å²) < 4.78 is 0. The van der Waals surface area contributed by atoms with Crippen molar-refractivity contribution in [2.24, 2.45) is 0 Å². The minimum atomic E-state index is -0.502. The highest BCUT2D eigenvalue weighted by molar-refractivity contribution is 5.73. The van der Waals surface area contributed by atoms with Crippen LogP contribution in [0.3, 0.4) is 0 Å². The highest BCUT2D eigenvalue weighted by Crippen LogP contribution is 2.32. The maximum atomic E-state index is 11.4. The quantitative estimate of drug-likeness (QED) is 0.658. The summed E-state index contributed by atoms with van der Waals surface area (Å²) in [6.45, 7) is 5.69. The first kappa shape index (κ1) is 14.6. The molecule has 2 heterocycles. The van der Waals surface area contributed by atoms with Gasteiger partial charge in [-0.05, 0) is 32.9 Å². The van der Waals surface area contributed by atoms with Gasteiger partial charge in [-0.25, -0.2) is 9.97 Å². The van der Waals surface area contributed by atoms with Crippen molar-refractivity contribution in [3.05, 3.63) is 41.0 Å². The van der Waals surface area contributed by atoms with Gasteiger partial charge in [0.15, 0.2) is 0 Å². The van der Waals surface area contributed by atoms with Gasteiger partial charge in [-0.1, -0.05) is 0 Å². The zero-order chi connectivity index (χ0) is 15.5. The summed E-state index contributed by atoms with van der Waals surface area (Å²) in [6.07, 6.45) is 4.46. The molecule has 0 saturated carbocycles. The van der Waals surface area contributed by atoms with E-state index in [4.69, 9.17) is 0 Å². The van der Waals surface area contributed by atoms with Gasteiger partial charge in [-0.2, -0.15) is 0 Å². The van der Waals surface area contributed by atoms with Crippen LogP contribution in [-0.4, -0.2) is 25.4 Å². The van der Waals surface area contributed by atoms with Crippen LogP contribution in [0.1, 0.15) is 20.8 Å². The molecule has 0 aliphatic heterocycles. The molecule has 110 valence electrons. The summed E-state index contributed by atoms with van der Waals surface area (Å²) in [6, 6.07) is 3.39. The number of hydrogen-bond donors (Lipinski definition) is 2. The van der Waals surface area contributed by atoms with Gasteiger partial charge in [0.05, 0.1) is 4.92 Å². The second kappa shape index (κ2) is 5.70. The number of nitrogens with one attached hydrogen (secondary N) is 2. The van der Waals surface area contributed by atoms with Gasteiger partial charge < -0.3 is 10.6 Å². The molecule has 8 nitrogen and oxygen atoms in total. The maximum Gasteiger partial charge on any atom is 0.353 e. The fourth-order valence-electron chi connectivity index (χ4n) is 1.66. The number of rotatable bonds is 4. The Morgan fingerprint density at radius 2 is 1.76 bits per heavy atom. The fraction of sp³-hybridized carbons (Fsp3) is 0.308. The summed E-state index contributed by atoms with van der Waals surface area (Å²) in [5.41, 5.74) is 0.116. The van der Waals surface area contributed by atoms with Crippen LogP contribution in [0.5, 0.6) is 0 Å². The zero-order valence-electron chi connectivity index (χ0n) is 12.0. The molecule has 0 bridgehead atoms. The van der Waals surface area contributed by atoms with Crippen molar-refractivity contribution >= 4 is 23.0 Å². The van der Waals surface area contributed by atoms with E-state index >= 15 is 0 Å². The van der Waals surface area contributed by atoms with E-state index in [0.29, 0.717) is 5.69 Å². The Hall–Kier alpha value is -2.77. The highest BCUT2D eigenvalue weighted by Gasteiger charge is 2.25. The van der Waals surface area contributed by atoms with Gasteiger partial charge in [0.1, 0.15) is 6.33 Å². The van der Waals surface area contributed by atoms with Gasteiger partial charge in [0, 0.05) is 23.6 Å². The standard InChI is InChI=1S/C13H16N6O2/c1-13(2,3)18-12-10(19(20)21)11(15-8-16-12)17-9-4-6-14-7-5-9/h4-8H,1-3H3,(H2,14,15,16,17,18). The highest BCUT2D eigenvalue weighted by atomic mass is 16.6. The zero-order valence-corrected chi connectivity index (χ0v) is 12.0. The lowest BCUT2D eigenvalue weighted by atomic mass is 10.1. The SMILES string of the molecule is CC(C)(C)Nc1ncnc(Nc2ccncc2)c1[N+](=O)[O-]. The molecule has 21 heavy (non-hydrogen) atoms. The molecule has 2 N–H and O–H groups in total. The summed E-state index contributed by atoms with van der Waals surface area (Å²) >= 11 is 0. The second-order valence-electron chi connectivity index (χ2n) is 5.41. The maximum absolute atomic E-state index is 11.4. The lowest BCUT2D eigenvalue weighted by Crippen LogP contribution is -2.27. The van der Waals surface area contributed by atoms with Crippen LogP contribution < -0.4 is 10.6 Å². The molecule has 2 rings (SSSR count). The van der Waals surface area contributed by atoms with E-state index in [9.17, 15) is 10.1 Å². The predicted molar refractivity (Wildman–Crippen MR) is 79.6 cm³/mol. The first-order chi connectivity index (χ1) is 9.87. The topological polar surface area (TPSA) is 106 Å². The molecule has 0 aromatic carbocycles. The van der Waals surface area contributed by atoms with Crippen LogP contribution in [0.4, 0.5) is 23.0 Å². The average molecular weight is 288 g/mol. The summed E-state index contributed by atoms with van der Waals surface area (Å²) in [7, 11) is 0. The van der Waals surface area contributed by atoms with Gasteiger partial charge in [0.2, 0.25) is 11.6 Å². The third-order valence-electron chi connectivity index (χ3n) is 2.44. The normalized spacial score (nSPS) is 11.0. The van der Waals surface area contributed by atoms with Crippen LogP contribution in [0.2, 0.25) is 0 Å². The third-order valence-corrected chi connectivity index (χ3v) is 2.44. The van der Waals surface area contributed by atoms with E-state index in [2.05, 4.69) is 25.6 Å². The lowest BCUT2D eigenvalue weighted by molar-refractivity contribution is -0.383. The molecule has 0 spiro atoms. The van der Waals surface area contributed by atoms with Gasteiger partial charge in [0.25, 0.3) is 0 Å². The molecule has 0 radical (unpaired) electrons. The lowest BCUT2D eigenvalue weighted by Gasteiger charge is -2.21. The average Bonchev–Trinajstić information content (AvgIpc) is 2.37. The Morgan fingerprint density at radius 3 is 2.33 bits per heavy atom. The van der Waals surface area contributed by atoms with E-state index < -0.39 is 4.92 Å². The predicted octanol–water partition coefficient (Wildman–Crippen LogP) is 2.73. The molecule has 0 atom stereocenters. The molecular formula is C13H16N6O2. The van der Waals surface area contributed by atoms with Crippen LogP contribution in [-0.2, 0) is 0 Å². The second-order valence-corrected chi connectivity index (χ2v) is 5.41. The van der Waals surface area contributed by atoms with Crippen LogP contribution in [0.15, 0.2) is 30.9 Å². The van der Waals surface area contributed by atoms with Crippen LogP contribution in [0, 0.1) is 10.1 Å². The smallest absolute Gasteiger partial charge is 0.353 e. The number of nitrogens with zero attached hydrogens (tertiary/aromatic N) is 4. The Balaban J connectivity index is 2.41. The summed E-state index contributed by atoms with van der Waals surface area (Å²) in [4.78, 5) is 22.7. The van der Waals surface area contributed by atoms with E-state index in [1.165, 1.54) is 6.33 Å². The Kier molecular flexibility index (Phi) is 3.97. The summed E-state index contributed by atoms with van der Waals surface area (Å²) in [5.74, 6) is 0.312. The minimum Gasteiger partial charge on any atom is -0.360 e. The van der Waals surface area contributed by atoms with E-state index in [1.807, 2.05) is 20.8 Å². The first-order valence-corrected chi connectivity index (χ1v) is 6.31. The molecule has 0 unspecified atom stereocenters. The van der Waals surface area contributed by atoms with Crippen molar-refractivity contribution in [2.75, 3.05) is 10.6 Å². The monoisotopic (exact) mass is 288 g/mol. The molecule has 0 aliphatic rings. The van der Waals surface area contributed by atoms with Gasteiger partial charge in [-0.15, -0.1) is 0 Å². The fourth-order valence-corrected chi connectivity index (χ4v) is 1.66. The molecule has 8 heteroatoms. The molecule has 0 saturated heterocycles. The number of aromatic nitrogens is 3. The number of anilines is 3. The van der Waals surface area contributed by atoms with Crippen molar-refractivity contribution in [3.63, 3.8) is 0 Å². The molecular weight excluding hydrogens is 272 g/mol. The minimum absolute atomic E-state index is 0.132. The van der Waals surface area contributed by atoms with Crippen molar-refractivity contribution in [1.82, 2.24) is 15.0 Å². The first-order valence-electron chi connectivity index (χ1n) is 6.31. The Morgan fingerprint density at radius 1 is 1.14 bits per heavy atom. The van der Waals surface area contributed by atoms with E-state index in [1.54, 1.807) is 24.5 Å². The van der Waals surface area contributed by atoms with Crippen molar-refractivity contribution in [2.45, 2.75) is 26.3 Å². The molecule has 0 aliphatic carbocycles. The van der Waals surface area contributed by atoms with Crippen molar-refractivity contribution in [1.29, 1.82) is 0 Å². The van der Waals surface area contributed by atoms with Gasteiger partial charge in [-0.3, -0.25) is 15.1 Å². The molecule has 0 fully saturated rings. The van der Waals surface area contributed by atoms with Crippen molar-refractivity contribution < 1.29 is 4.92 Å². The molecule has 0 amide bonds. The van der Waals surface area contributed by atoms with Crippen LogP contribution in [0.25, 0.3) is 0 Å². The Labute approximate surface area is 121 Å². The van der Waals surface area contributed by atoms with Crippen molar-refractivity contribution in [3.8, 4) is 0 Å². The number of hydrogen-bond acceptors (Lipinski definition) is 7. The van der Waals surface area contributed by atoms with E-state index in [0.717, 1.165) is 0 Å². The number of nitro groups is 1. The molecule has 2 aromatic heterocycles. The van der Waals surface area contributed by atoms with Gasteiger partial charge >= 0.3 is 5.69 Å². The molecule has 2 aromatic rings. The third kappa shape index (κ3) is 3.85. The summed E-state index contributed by atoms with van der Waals surface area (Å²) in [5, 5.41) is 17.3. The van der Waals surface area contributed by atoms with E-state index in [-0.39, 0.29) is 22.9 Å². The number of pyridine rings is 1.